The molecule has 0 fully saturated rings. The number of carbonyl (C=O) groups is 1. The topological polar surface area (TPSA) is 91.7 Å². The van der Waals surface area contributed by atoms with E-state index < -0.39 is 25.4 Å². The molecule has 0 spiro atoms. The fraction of sp³-hybridized carbons (Fsp3) is 0.857. The number of quaternary nitrogens is 1. The molecule has 7 heteroatoms. The smallest absolute Gasteiger partial charge is 0.384 e. The highest BCUT2D eigenvalue weighted by molar-refractivity contribution is 7.87. The molecule has 0 rings (SSSR count). The zero-order valence-corrected chi connectivity index (χ0v) is 9.50. The molecule has 84 valence electrons. The summed E-state index contributed by atoms with van der Waals surface area (Å²) in [6, 6.07) is 0. The zero-order valence-electron chi connectivity index (χ0n) is 8.68. The highest BCUT2D eigenvalue weighted by Crippen LogP contribution is 2.28. The summed E-state index contributed by atoms with van der Waals surface area (Å²) in [6.07, 6.45) is -0.204. The number of aliphatic carboxylic acids is 1. The first-order valence-corrected chi connectivity index (χ1v) is 5.46. The van der Waals surface area contributed by atoms with Crippen LogP contribution in [0.1, 0.15) is 13.3 Å². The number of hydrogen-bond acceptors (Lipinski definition) is 3. The van der Waals surface area contributed by atoms with Crippen LogP contribution < -0.4 is 0 Å². The lowest BCUT2D eigenvalue weighted by Crippen LogP contribution is -2.65. The van der Waals surface area contributed by atoms with Crippen LogP contribution in [-0.2, 0) is 14.9 Å². The van der Waals surface area contributed by atoms with Gasteiger partial charge >= 0.3 is 21.0 Å². The van der Waals surface area contributed by atoms with Crippen LogP contribution in [0.3, 0.4) is 0 Å². The van der Waals surface area contributed by atoms with Crippen molar-refractivity contribution in [1.82, 2.24) is 0 Å². The molecule has 0 amide bonds. The molecule has 0 radical (unpaired) electrons. The Balaban J connectivity index is 5.85. The highest BCUT2D eigenvalue weighted by Gasteiger charge is 2.60. The maximum absolute atomic E-state index is 11.1. The zero-order chi connectivity index (χ0) is 11.8. The van der Waals surface area contributed by atoms with Crippen LogP contribution in [0.25, 0.3) is 0 Å². The van der Waals surface area contributed by atoms with E-state index in [1.807, 2.05) is 0 Å². The SMILES string of the molecule is CCC(C(=O)O)([N+](C)(C)C)S(=O)(=O)O. The Kier molecular flexibility index (Phi) is 3.32. The molecule has 6 nitrogen and oxygen atoms in total. The summed E-state index contributed by atoms with van der Waals surface area (Å²) in [5.41, 5.74) is 0. The molecule has 2 N–H and O–H groups in total. The summed E-state index contributed by atoms with van der Waals surface area (Å²) >= 11 is 0. The van der Waals surface area contributed by atoms with Crippen molar-refractivity contribution in [2.24, 2.45) is 0 Å². The van der Waals surface area contributed by atoms with Crippen molar-refractivity contribution in [3.05, 3.63) is 0 Å². The minimum Gasteiger partial charge on any atom is -0.476 e. The third-order valence-corrected chi connectivity index (χ3v) is 4.19. The molecule has 0 aromatic carbocycles. The monoisotopic (exact) mass is 226 g/mol. The molecule has 0 aliphatic heterocycles. The number of carboxylic acids is 1. The summed E-state index contributed by atoms with van der Waals surface area (Å²) in [6.45, 7) is 1.41. The van der Waals surface area contributed by atoms with Crippen LogP contribution >= 0.6 is 0 Å². The lowest BCUT2D eigenvalue weighted by molar-refractivity contribution is -0.898. The third kappa shape index (κ3) is 1.75. The Morgan fingerprint density at radius 3 is 1.71 bits per heavy atom. The van der Waals surface area contributed by atoms with Crippen LogP contribution in [0.15, 0.2) is 0 Å². The molecular weight excluding hydrogens is 210 g/mol. The van der Waals surface area contributed by atoms with E-state index >= 15 is 0 Å². The molecule has 0 aromatic heterocycles. The number of nitrogens with zero attached hydrogens (tertiary/aromatic N) is 1. The van der Waals surface area contributed by atoms with E-state index in [9.17, 15) is 13.2 Å². The summed E-state index contributed by atoms with van der Waals surface area (Å²) in [4.78, 5) is 8.79. The fourth-order valence-corrected chi connectivity index (χ4v) is 2.83. The molecule has 0 aliphatic rings. The quantitative estimate of drug-likeness (QED) is 0.510. The predicted molar refractivity (Wildman–Crippen MR) is 50.2 cm³/mol. The van der Waals surface area contributed by atoms with Gasteiger partial charge in [0.15, 0.2) is 0 Å². The fourth-order valence-electron chi connectivity index (χ4n) is 1.55. The molecule has 1 unspecified atom stereocenters. The number of rotatable bonds is 4. The molecule has 0 aliphatic carbocycles. The van der Waals surface area contributed by atoms with Crippen LogP contribution in [0.5, 0.6) is 0 Å². The largest absolute Gasteiger partial charge is 0.476 e. The van der Waals surface area contributed by atoms with Gasteiger partial charge in [-0.05, 0) is 0 Å². The predicted octanol–water partition coefficient (Wildman–Crippen LogP) is -0.229. The Labute approximate surface area is 83.5 Å². The molecule has 0 saturated heterocycles. The Morgan fingerprint density at radius 2 is 1.71 bits per heavy atom. The Morgan fingerprint density at radius 1 is 1.36 bits per heavy atom. The van der Waals surface area contributed by atoms with Crippen LogP contribution in [-0.4, -0.2) is 54.5 Å². The van der Waals surface area contributed by atoms with Crippen molar-refractivity contribution in [2.45, 2.75) is 18.2 Å². The lowest BCUT2D eigenvalue weighted by atomic mass is 10.1. The maximum Gasteiger partial charge on any atom is 0.384 e. The van der Waals surface area contributed by atoms with E-state index in [1.165, 1.54) is 28.1 Å². The first-order chi connectivity index (χ1) is 6.00. The molecule has 0 aromatic rings. The highest BCUT2D eigenvalue weighted by atomic mass is 32.2. The van der Waals surface area contributed by atoms with Gasteiger partial charge in [0.25, 0.3) is 0 Å². The molecule has 1 atom stereocenters. The van der Waals surface area contributed by atoms with Crippen molar-refractivity contribution in [1.29, 1.82) is 0 Å². The van der Waals surface area contributed by atoms with Gasteiger partial charge in [-0.1, -0.05) is 6.92 Å². The van der Waals surface area contributed by atoms with Crippen molar-refractivity contribution >= 4 is 16.1 Å². The van der Waals surface area contributed by atoms with Gasteiger partial charge in [-0.2, -0.15) is 8.42 Å². The minimum absolute atomic E-state index is 0.204. The first kappa shape index (κ1) is 13.3. The van der Waals surface area contributed by atoms with Crippen LogP contribution in [0.4, 0.5) is 0 Å². The minimum atomic E-state index is -4.66. The third-order valence-electron chi connectivity index (χ3n) is 2.32. The molecule has 0 heterocycles. The van der Waals surface area contributed by atoms with Gasteiger partial charge in [-0.3, -0.25) is 4.55 Å². The lowest BCUT2D eigenvalue weighted by Gasteiger charge is -2.39. The summed E-state index contributed by atoms with van der Waals surface area (Å²) in [5.74, 6) is -1.55. The number of carboxylic acid groups (broad SMARTS) is 1. The van der Waals surface area contributed by atoms with Crippen molar-refractivity contribution < 1.29 is 27.4 Å². The van der Waals surface area contributed by atoms with Gasteiger partial charge < -0.3 is 9.59 Å². The average Bonchev–Trinajstić information content (AvgIpc) is 1.80. The number of likely N-dealkylation sites (N-methyl/N-ethyl adjacent to an activating group) is 1. The summed E-state index contributed by atoms with van der Waals surface area (Å²) in [7, 11) is -0.437. The van der Waals surface area contributed by atoms with Crippen LogP contribution in [0, 0.1) is 0 Å². The average molecular weight is 226 g/mol. The van der Waals surface area contributed by atoms with Gasteiger partial charge in [-0.25, -0.2) is 4.79 Å². The van der Waals surface area contributed by atoms with Gasteiger partial charge in [-0.15, -0.1) is 0 Å². The van der Waals surface area contributed by atoms with Gasteiger partial charge in [0.1, 0.15) is 0 Å². The van der Waals surface area contributed by atoms with Gasteiger partial charge in [0.2, 0.25) is 0 Å². The summed E-state index contributed by atoms with van der Waals surface area (Å²) in [5, 5.41) is 8.94. The first-order valence-electron chi connectivity index (χ1n) is 4.02. The standard InChI is InChI=1S/C7H15NO5S/c1-5-7(6(9)10,8(2,3)4)14(11,12)13/h5H2,1-4H3,(H-,9,10,11,12,13)/p+1. The van der Waals surface area contributed by atoms with Crippen molar-refractivity contribution in [3.8, 4) is 0 Å². The second kappa shape index (κ2) is 3.48. The van der Waals surface area contributed by atoms with Crippen molar-refractivity contribution in [2.75, 3.05) is 21.1 Å². The second-order valence-corrected chi connectivity index (χ2v) is 5.56. The molecule has 14 heavy (non-hydrogen) atoms. The normalized spacial score (nSPS) is 17.5. The van der Waals surface area contributed by atoms with Crippen LogP contribution in [0.2, 0.25) is 0 Å². The number of hydrogen-bond donors (Lipinski definition) is 2. The van der Waals surface area contributed by atoms with Gasteiger partial charge in [0, 0.05) is 6.42 Å². The van der Waals surface area contributed by atoms with Gasteiger partial charge in [0.05, 0.1) is 21.1 Å². The molecule has 0 saturated carbocycles. The maximum atomic E-state index is 11.1. The molecular formula is C7H16NO5S+. The van der Waals surface area contributed by atoms with E-state index in [0.717, 1.165) is 0 Å². The van der Waals surface area contributed by atoms with E-state index in [0.29, 0.717) is 0 Å². The van der Waals surface area contributed by atoms with E-state index in [1.54, 1.807) is 0 Å². The van der Waals surface area contributed by atoms with Crippen molar-refractivity contribution in [3.63, 3.8) is 0 Å². The van der Waals surface area contributed by atoms with E-state index in [-0.39, 0.29) is 6.42 Å². The summed E-state index contributed by atoms with van der Waals surface area (Å²) < 4.78 is 30.9. The Bertz CT molecular complexity index is 328. The van der Waals surface area contributed by atoms with E-state index in [4.69, 9.17) is 9.66 Å². The second-order valence-electron chi connectivity index (χ2n) is 3.93. The Hall–Kier alpha value is -0.660. The van der Waals surface area contributed by atoms with E-state index in [2.05, 4.69) is 0 Å². The molecule has 0 bridgehead atoms.